The number of amides is 1. The summed E-state index contributed by atoms with van der Waals surface area (Å²) in [6, 6.07) is 7.68. The van der Waals surface area contributed by atoms with Gasteiger partial charge in [-0.05, 0) is 37.1 Å². The van der Waals surface area contributed by atoms with Crippen LogP contribution in [0.5, 0.6) is 10.9 Å². The number of thiazole rings is 1. The van der Waals surface area contributed by atoms with E-state index >= 15 is 0 Å². The zero-order valence-electron chi connectivity index (χ0n) is 12.7. The molecule has 22 heavy (non-hydrogen) atoms. The average Bonchev–Trinajstić information content (AvgIpc) is 3.08. The van der Waals surface area contributed by atoms with E-state index in [-0.39, 0.29) is 5.91 Å². The Bertz CT molecular complexity index is 604. The van der Waals surface area contributed by atoms with Crippen molar-refractivity contribution in [2.45, 2.75) is 38.1 Å². The molecule has 0 N–H and O–H groups in total. The van der Waals surface area contributed by atoms with Crippen molar-refractivity contribution in [2.75, 3.05) is 7.05 Å². The van der Waals surface area contributed by atoms with Gasteiger partial charge in [-0.2, -0.15) is 0 Å². The van der Waals surface area contributed by atoms with Gasteiger partial charge in [0.2, 0.25) is 0 Å². The molecule has 1 aliphatic rings. The van der Waals surface area contributed by atoms with Crippen LogP contribution in [0, 0.1) is 0 Å². The fourth-order valence-corrected chi connectivity index (χ4v) is 3.37. The van der Waals surface area contributed by atoms with Gasteiger partial charge in [0.1, 0.15) is 5.75 Å². The van der Waals surface area contributed by atoms with E-state index in [0.717, 1.165) is 12.8 Å². The molecule has 0 atom stereocenters. The lowest BCUT2D eigenvalue weighted by Crippen LogP contribution is -2.38. The van der Waals surface area contributed by atoms with Gasteiger partial charge in [0, 0.05) is 30.2 Å². The van der Waals surface area contributed by atoms with Crippen LogP contribution in [-0.4, -0.2) is 28.9 Å². The highest BCUT2D eigenvalue weighted by molar-refractivity contribution is 7.11. The molecule has 1 aliphatic carbocycles. The van der Waals surface area contributed by atoms with Gasteiger partial charge in [0.25, 0.3) is 11.1 Å². The number of aromatic nitrogens is 1. The van der Waals surface area contributed by atoms with Crippen molar-refractivity contribution in [1.82, 2.24) is 9.88 Å². The highest BCUT2D eigenvalue weighted by Crippen LogP contribution is 2.25. The summed E-state index contributed by atoms with van der Waals surface area (Å²) in [5.41, 5.74) is 0.708. The van der Waals surface area contributed by atoms with Crippen molar-refractivity contribution >= 4 is 17.2 Å². The fraction of sp³-hybridized carbons (Fsp3) is 0.412. The third-order valence-electron chi connectivity index (χ3n) is 4.16. The fourth-order valence-electron chi connectivity index (χ4n) is 2.86. The highest BCUT2D eigenvalue weighted by Gasteiger charge is 2.22. The van der Waals surface area contributed by atoms with Crippen LogP contribution in [0.15, 0.2) is 35.8 Å². The van der Waals surface area contributed by atoms with Crippen molar-refractivity contribution < 1.29 is 9.53 Å². The maximum absolute atomic E-state index is 12.5. The Balaban J connectivity index is 1.65. The summed E-state index contributed by atoms with van der Waals surface area (Å²) < 4.78 is 5.61. The van der Waals surface area contributed by atoms with Crippen LogP contribution in [0.2, 0.25) is 0 Å². The zero-order chi connectivity index (χ0) is 15.4. The summed E-state index contributed by atoms with van der Waals surface area (Å²) in [7, 11) is 1.91. The number of hydrogen-bond donors (Lipinski definition) is 0. The lowest BCUT2D eigenvalue weighted by atomic mass is 9.94. The Morgan fingerprint density at radius 3 is 2.59 bits per heavy atom. The monoisotopic (exact) mass is 316 g/mol. The van der Waals surface area contributed by atoms with Crippen molar-refractivity contribution in [3.05, 3.63) is 41.4 Å². The molecule has 1 aromatic carbocycles. The molecule has 116 valence electrons. The first kappa shape index (κ1) is 15.0. The van der Waals surface area contributed by atoms with Crippen molar-refractivity contribution in [2.24, 2.45) is 0 Å². The second-order valence-corrected chi connectivity index (χ2v) is 6.49. The Morgan fingerprint density at radius 1 is 1.23 bits per heavy atom. The van der Waals surface area contributed by atoms with E-state index in [1.807, 2.05) is 41.6 Å². The summed E-state index contributed by atoms with van der Waals surface area (Å²) in [6.45, 7) is 0. The highest BCUT2D eigenvalue weighted by atomic mass is 32.1. The van der Waals surface area contributed by atoms with Crippen LogP contribution in [-0.2, 0) is 0 Å². The molecule has 0 bridgehead atoms. The molecular formula is C17H20N2O2S. The summed E-state index contributed by atoms with van der Waals surface area (Å²) in [5, 5.41) is 2.48. The third-order valence-corrected chi connectivity index (χ3v) is 4.81. The number of nitrogens with zero attached hydrogens (tertiary/aromatic N) is 2. The maximum atomic E-state index is 12.5. The van der Waals surface area contributed by atoms with E-state index in [4.69, 9.17) is 4.74 Å². The molecule has 5 heteroatoms. The first-order chi connectivity index (χ1) is 10.7. The van der Waals surface area contributed by atoms with Gasteiger partial charge in [-0.3, -0.25) is 4.79 Å². The van der Waals surface area contributed by atoms with Crippen LogP contribution < -0.4 is 4.74 Å². The first-order valence-corrected chi connectivity index (χ1v) is 8.56. The van der Waals surface area contributed by atoms with E-state index in [1.54, 1.807) is 6.20 Å². The predicted octanol–water partition coefficient (Wildman–Crippen LogP) is 4.34. The molecule has 3 rings (SSSR count). The quantitative estimate of drug-likeness (QED) is 0.842. The molecule has 0 unspecified atom stereocenters. The van der Waals surface area contributed by atoms with Gasteiger partial charge in [-0.1, -0.05) is 30.6 Å². The van der Waals surface area contributed by atoms with Gasteiger partial charge in [0.05, 0.1) is 0 Å². The number of carbonyl (C=O) groups is 1. The molecule has 0 saturated heterocycles. The molecule has 0 radical (unpaired) electrons. The minimum atomic E-state index is 0.0905. The first-order valence-electron chi connectivity index (χ1n) is 7.68. The minimum Gasteiger partial charge on any atom is -0.431 e. The van der Waals surface area contributed by atoms with Gasteiger partial charge in [-0.25, -0.2) is 4.98 Å². The lowest BCUT2D eigenvalue weighted by Gasteiger charge is -2.31. The number of hydrogen-bond acceptors (Lipinski definition) is 4. The Kier molecular flexibility index (Phi) is 4.73. The summed E-state index contributed by atoms with van der Waals surface area (Å²) in [6.07, 6.45) is 7.69. The summed E-state index contributed by atoms with van der Waals surface area (Å²) >= 11 is 1.44. The van der Waals surface area contributed by atoms with Crippen LogP contribution in [0.1, 0.15) is 42.5 Å². The van der Waals surface area contributed by atoms with Gasteiger partial charge >= 0.3 is 0 Å². The summed E-state index contributed by atoms with van der Waals surface area (Å²) in [4.78, 5) is 18.5. The standard InChI is InChI=1S/C17H20N2O2S/c1-19(14-5-3-2-4-6-14)16(20)13-7-9-15(10-8-13)21-17-18-11-12-22-17/h7-12,14H,2-6H2,1H3. The average molecular weight is 316 g/mol. The third kappa shape index (κ3) is 3.47. The van der Waals surface area contributed by atoms with Crippen LogP contribution in [0.25, 0.3) is 0 Å². The van der Waals surface area contributed by atoms with Crippen molar-refractivity contribution in [1.29, 1.82) is 0 Å². The van der Waals surface area contributed by atoms with E-state index in [0.29, 0.717) is 22.5 Å². The number of ether oxygens (including phenoxy) is 1. The molecule has 1 amide bonds. The molecule has 0 spiro atoms. The Hall–Kier alpha value is -1.88. The van der Waals surface area contributed by atoms with Gasteiger partial charge < -0.3 is 9.64 Å². The molecule has 2 aromatic rings. The van der Waals surface area contributed by atoms with Crippen molar-refractivity contribution in [3.63, 3.8) is 0 Å². The van der Waals surface area contributed by atoms with E-state index < -0.39 is 0 Å². The van der Waals surface area contributed by atoms with Crippen LogP contribution in [0.3, 0.4) is 0 Å². The van der Waals surface area contributed by atoms with Gasteiger partial charge in [-0.15, -0.1) is 0 Å². The second kappa shape index (κ2) is 6.92. The number of carbonyl (C=O) groups excluding carboxylic acids is 1. The Morgan fingerprint density at radius 2 is 1.95 bits per heavy atom. The molecule has 1 saturated carbocycles. The number of rotatable bonds is 4. The summed E-state index contributed by atoms with van der Waals surface area (Å²) in [5.74, 6) is 0.791. The minimum absolute atomic E-state index is 0.0905. The normalized spacial score (nSPS) is 15.5. The van der Waals surface area contributed by atoms with Gasteiger partial charge in [0.15, 0.2) is 0 Å². The van der Waals surface area contributed by atoms with Crippen LogP contribution >= 0.6 is 11.3 Å². The van der Waals surface area contributed by atoms with Crippen molar-refractivity contribution in [3.8, 4) is 10.9 Å². The molecule has 0 aliphatic heterocycles. The van der Waals surface area contributed by atoms with Crippen LogP contribution in [0.4, 0.5) is 0 Å². The topological polar surface area (TPSA) is 42.4 Å². The van der Waals surface area contributed by atoms with E-state index in [2.05, 4.69) is 4.98 Å². The molecule has 1 aromatic heterocycles. The molecule has 1 heterocycles. The lowest BCUT2D eigenvalue weighted by molar-refractivity contribution is 0.0696. The number of benzene rings is 1. The molecule has 4 nitrogen and oxygen atoms in total. The second-order valence-electron chi connectivity index (χ2n) is 5.63. The SMILES string of the molecule is CN(C(=O)c1ccc(Oc2nccs2)cc1)C1CCCCC1. The molecular weight excluding hydrogens is 296 g/mol. The smallest absolute Gasteiger partial charge is 0.278 e. The van der Waals surface area contributed by atoms with E-state index in [9.17, 15) is 4.79 Å². The Labute approximate surface area is 134 Å². The largest absolute Gasteiger partial charge is 0.431 e. The maximum Gasteiger partial charge on any atom is 0.278 e. The van der Waals surface area contributed by atoms with E-state index in [1.165, 1.54) is 30.6 Å². The predicted molar refractivity (Wildman–Crippen MR) is 87.6 cm³/mol. The zero-order valence-corrected chi connectivity index (χ0v) is 13.5. The molecule has 1 fully saturated rings.